The fourth-order valence-corrected chi connectivity index (χ4v) is 4.88. The van der Waals surface area contributed by atoms with E-state index in [0.717, 1.165) is 30.7 Å². The van der Waals surface area contributed by atoms with E-state index in [2.05, 4.69) is 30.8 Å². The third kappa shape index (κ3) is 3.32. The van der Waals surface area contributed by atoms with E-state index in [9.17, 15) is 9.59 Å². The zero-order chi connectivity index (χ0) is 21.9. The van der Waals surface area contributed by atoms with Crippen molar-refractivity contribution in [2.75, 3.05) is 18.0 Å². The van der Waals surface area contributed by atoms with Crippen molar-refractivity contribution >= 4 is 22.9 Å². The number of nitrogens with zero attached hydrogens (tertiary/aromatic N) is 6. The van der Waals surface area contributed by atoms with Gasteiger partial charge in [-0.3, -0.25) is 13.9 Å². The fourth-order valence-electron chi connectivity index (χ4n) is 4.88. The summed E-state index contributed by atoms with van der Waals surface area (Å²) in [6.45, 7) is 8.37. The highest BCUT2D eigenvalue weighted by Gasteiger charge is 2.42. The van der Waals surface area contributed by atoms with Crippen LogP contribution in [0.5, 0.6) is 0 Å². The molecule has 0 N–H and O–H groups in total. The number of hydrogen-bond acceptors (Lipinski definition) is 6. The molecule has 31 heavy (non-hydrogen) atoms. The number of pyridine rings is 1. The quantitative estimate of drug-likeness (QED) is 0.641. The van der Waals surface area contributed by atoms with Gasteiger partial charge in [-0.25, -0.2) is 9.78 Å². The molecule has 0 aromatic carbocycles. The second-order valence-corrected chi connectivity index (χ2v) is 9.88. The lowest BCUT2D eigenvalue weighted by Gasteiger charge is -2.51. The van der Waals surface area contributed by atoms with E-state index in [4.69, 9.17) is 9.51 Å². The van der Waals surface area contributed by atoms with E-state index in [-0.39, 0.29) is 29.1 Å². The Morgan fingerprint density at radius 2 is 1.94 bits per heavy atom. The topological polar surface area (TPSA) is 89.4 Å². The third-order valence-electron chi connectivity index (χ3n) is 6.34. The molecule has 0 aliphatic carbocycles. The van der Waals surface area contributed by atoms with E-state index in [1.54, 1.807) is 17.7 Å². The molecule has 3 aromatic rings. The summed E-state index contributed by atoms with van der Waals surface area (Å²) in [6.07, 6.45) is 3.40. The smallest absolute Gasteiger partial charge is 0.330 e. The maximum atomic E-state index is 12.8. The number of rotatable bonds is 3. The van der Waals surface area contributed by atoms with Gasteiger partial charge in [-0.15, -0.1) is 0 Å². The number of amides is 1. The van der Waals surface area contributed by atoms with E-state index in [1.807, 2.05) is 21.6 Å². The highest BCUT2D eigenvalue weighted by Crippen LogP contribution is 2.33. The second-order valence-electron chi connectivity index (χ2n) is 9.88. The van der Waals surface area contributed by atoms with Crippen molar-refractivity contribution in [2.45, 2.75) is 52.2 Å². The van der Waals surface area contributed by atoms with Crippen LogP contribution in [0.2, 0.25) is 0 Å². The highest BCUT2D eigenvalue weighted by atomic mass is 16.5. The predicted molar refractivity (Wildman–Crippen MR) is 116 cm³/mol. The first-order valence-corrected chi connectivity index (χ1v) is 10.8. The molecule has 164 valence electrons. The molecule has 2 unspecified atom stereocenters. The van der Waals surface area contributed by atoms with Crippen molar-refractivity contribution in [2.24, 2.45) is 12.5 Å². The summed E-state index contributed by atoms with van der Waals surface area (Å²) in [4.78, 5) is 34.7. The van der Waals surface area contributed by atoms with Gasteiger partial charge in [0.05, 0.1) is 5.52 Å². The van der Waals surface area contributed by atoms with Gasteiger partial charge in [0, 0.05) is 44.8 Å². The lowest BCUT2D eigenvalue weighted by molar-refractivity contribution is 0.0494. The summed E-state index contributed by atoms with van der Waals surface area (Å²) in [5, 5.41) is 3.80. The van der Waals surface area contributed by atoms with Crippen LogP contribution in [0.3, 0.4) is 0 Å². The largest absolute Gasteiger partial charge is 0.364 e. The molecule has 3 fully saturated rings. The van der Waals surface area contributed by atoms with Crippen LogP contribution in [0.25, 0.3) is 11.2 Å². The number of carbonyl (C=O) groups is 1. The number of carbonyl (C=O) groups excluding carboxylic acids is 1. The van der Waals surface area contributed by atoms with Crippen LogP contribution in [-0.4, -0.2) is 55.3 Å². The van der Waals surface area contributed by atoms with E-state index in [0.29, 0.717) is 24.4 Å². The second kappa shape index (κ2) is 6.96. The number of hydrogen-bond donors (Lipinski definition) is 0. The Morgan fingerprint density at radius 1 is 1.16 bits per heavy atom. The SMILES string of the molecule is Cn1c(=O)n(CC(C)(C)C)c2ccc(N3CC4CCC3CN4C(=O)c3ccon3)nc21. The van der Waals surface area contributed by atoms with E-state index < -0.39 is 0 Å². The molecule has 6 heterocycles. The van der Waals surface area contributed by atoms with Crippen LogP contribution in [0, 0.1) is 5.41 Å². The Bertz CT molecular complexity index is 1190. The predicted octanol–water partition coefficient (Wildman–Crippen LogP) is 2.26. The van der Waals surface area contributed by atoms with Crippen LogP contribution in [0.4, 0.5) is 5.82 Å². The molecule has 9 nitrogen and oxygen atoms in total. The number of piperazine rings is 1. The third-order valence-corrected chi connectivity index (χ3v) is 6.34. The number of imidazole rings is 1. The molecule has 1 amide bonds. The number of aryl methyl sites for hydroxylation is 1. The molecule has 0 saturated carbocycles. The molecule has 6 rings (SSSR count). The fraction of sp³-hybridized carbons (Fsp3) is 0.545. The van der Waals surface area contributed by atoms with E-state index in [1.165, 1.54) is 6.26 Å². The maximum absolute atomic E-state index is 12.8. The van der Waals surface area contributed by atoms with E-state index >= 15 is 0 Å². The zero-order valence-corrected chi connectivity index (χ0v) is 18.4. The van der Waals surface area contributed by atoms with Crippen molar-refractivity contribution in [1.29, 1.82) is 0 Å². The minimum atomic E-state index is -0.0758. The lowest BCUT2D eigenvalue weighted by atomic mass is 9.90. The van der Waals surface area contributed by atoms with Gasteiger partial charge >= 0.3 is 5.69 Å². The summed E-state index contributed by atoms with van der Waals surface area (Å²) in [7, 11) is 1.78. The highest BCUT2D eigenvalue weighted by molar-refractivity contribution is 5.92. The van der Waals surface area contributed by atoms with Crippen molar-refractivity contribution in [3.8, 4) is 0 Å². The number of anilines is 1. The van der Waals surface area contributed by atoms with Crippen molar-refractivity contribution in [1.82, 2.24) is 24.2 Å². The Hall–Kier alpha value is -3.10. The minimum absolute atomic E-state index is 0.0113. The number of aromatic nitrogens is 4. The van der Waals surface area contributed by atoms with Crippen LogP contribution < -0.4 is 10.6 Å². The Balaban J connectivity index is 1.44. The summed E-state index contributed by atoms with van der Waals surface area (Å²) in [5.41, 5.74) is 1.86. The summed E-state index contributed by atoms with van der Waals surface area (Å²) >= 11 is 0. The number of fused-ring (bicyclic) bond motifs is 4. The maximum Gasteiger partial charge on any atom is 0.330 e. The average molecular weight is 425 g/mol. The minimum Gasteiger partial charge on any atom is -0.364 e. The van der Waals surface area contributed by atoms with Gasteiger partial charge in [0.1, 0.15) is 12.1 Å². The Morgan fingerprint density at radius 3 is 2.58 bits per heavy atom. The van der Waals surface area contributed by atoms with Crippen molar-refractivity contribution < 1.29 is 9.32 Å². The molecule has 3 aliphatic heterocycles. The first-order valence-electron chi connectivity index (χ1n) is 10.8. The normalized spacial score (nSPS) is 21.3. The van der Waals surface area contributed by atoms with Crippen molar-refractivity contribution in [3.05, 3.63) is 40.6 Å². The monoisotopic (exact) mass is 424 g/mol. The molecule has 3 saturated heterocycles. The molecule has 2 bridgehead atoms. The van der Waals surface area contributed by atoms with Gasteiger partial charge in [0.2, 0.25) is 0 Å². The van der Waals surface area contributed by atoms with Crippen LogP contribution in [0.1, 0.15) is 44.1 Å². The lowest BCUT2D eigenvalue weighted by Crippen LogP contribution is -2.64. The first-order chi connectivity index (χ1) is 14.7. The summed E-state index contributed by atoms with van der Waals surface area (Å²) < 4.78 is 8.29. The molecule has 0 spiro atoms. The molecule has 0 radical (unpaired) electrons. The average Bonchev–Trinajstić information content (AvgIpc) is 3.36. The molecular formula is C22H28N6O3. The van der Waals surface area contributed by atoms with Gasteiger partial charge in [0.15, 0.2) is 11.3 Å². The number of piperidine rings is 2. The standard InChI is InChI=1S/C22H28N6O3/c1-22(2,3)13-28-17-7-8-18(23-19(17)25(4)21(28)30)26-11-15-6-5-14(26)12-27(15)20(29)16-9-10-31-24-16/h7-10,14-15H,5-6,11-13H2,1-4H3. The zero-order valence-electron chi connectivity index (χ0n) is 18.4. The van der Waals surface area contributed by atoms with Gasteiger partial charge in [-0.05, 0) is 30.4 Å². The molecule has 3 aliphatic rings. The molecule has 2 atom stereocenters. The van der Waals surface area contributed by atoms with Gasteiger partial charge in [-0.1, -0.05) is 25.9 Å². The molecule has 9 heteroatoms. The summed E-state index contributed by atoms with van der Waals surface area (Å²) in [6, 6.07) is 5.93. The Kier molecular flexibility index (Phi) is 4.46. The van der Waals surface area contributed by atoms with Crippen LogP contribution in [-0.2, 0) is 13.6 Å². The van der Waals surface area contributed by atoms with Gasteiger partial charge < -0.3 is 14.3 Å². The van der Waals surface area contributed by atoms with Crippen molar-refractivity contribution in [3.63, 3.8) is 0 Å². The van der Waals surface area contributed by atoms with Gasteiger partial charge in [0.25, 0.3) is 5.91 Å². The Labute approximate surface area is 180 Å². The molecular weight excluding hydrogens is 396 g/mol. The van der Waals surface area contributed by atoms with Gasteiger partial charge in [-0.2, -0.15) is 0 Å². The van der Waals surface area contributed by atoms with Crippen LogP contribution >= 0.6 is 0 Å². The first kappa shape index (κ1) is 19.8. The molecule has 3 aromatic heterocycles. The van der Waals surface area contributed by atoms with Crippen LogP contribution in [0.15, 0.2) is 33.8 Å². The summed E-state index contributed by atoms with van der Waals surface area (Å²) in [5.74, 6) is 0.785.